The van der Waals surface area contributed by atoms with E-state index in [4.69, 9.17) is 4.74 Å². The molecule has 0 bridgehead atoms. The van der Waals surface area contributed by atoms with Crippen LogP contribution in [0.4, 0.5) is 0 Å². The summed E-state index contributed by atoms with van der Waals surface area (Å²) in [6.07, 6.45) is 1.26. The molecule has 2 heteroatoms. The smallest absolute Gasteiger partial charge is 0.122 e. The molecule has 2 nitrogen and oxygen atoms in total. The number of benzene rings is 1. The molecule has 82 valence electrons. The number of nitrogens with one attached hydrogen (secondary N) is 1. The van der Waals surface area contributed by atoms with E-state index in [9.17, 15) is 0 Å². The van der Waals surface area contributed by atoms with Gasteiger partial charge in [-0.1, -0.05) is 6.07 Å². The minimum atomic E-state index is 0.689. The second-order valence-electron chi connectivity index (χ2n) is 4.37. The maximum Gasteiger partial charge on any atom is 0.122 e. The van der Waals surface area contributed by atoms with E-state index in [-0.39, 0.29) is 0 Å². The lowest BCUT2D eigenvalue weighted by atomic mass is 9.92. The highest BCUT2D eigenvalue weighted by molar-refractivity contribution is 5.43. The van der Waals surface area contributed by atoms with Crippen LogP contribution in [0.25, 0.3) is 0 Å². The van der Waals surface area contributed by atoms with Gasteiger partial charge >= 0.3 is 0 Å². The Labute approximate surface area is 91.6 Å². The molecule has 1 N–H and O–H groups in total. The topological polar surface area (TPSA) is 21.3 Å². The second-order valence-corrected chi connectivity index (χ2v) is 4.37. The van der Waals surface area contributed by atoms with Crippen molar-refractivity contribution in [1.82, 2.24) is 5.32 Å². The van der Waals surface area contributed by atoms with Crippen molar-refractivity contribution in [3.8, 4) is 5.75 Å². The maximum absolute atomic E-state index is 5.33. The van der Waals surface area contributed by atoms with Crippen LogP contribution in [0.2, 0.25) is 0 Å². The van der Waals surface area contributed by atoms with Crippen LogP contribution in [0, 0.1) is 13.8 Å². The Morgan fingerprint density at radius 1 is 1.27 bits per heavy atom. The Balaban J connectivity index is 2.35. The number of rotatable bonds is 2. The van der Waals surface area contributed by atoms with Gasteiger partial charge in [0, 0.05) is 6.54 Å². The highest BCUT2D eigenvalue weighted by atomic mass is 16.5. The lowest BCUT2D eigenvalue weighted by molar-refractivity contribution is 0.411. The predicted molar refractivity (Wildman–Crippen MR) is 62.7 cm³/mol. The molecule has 0 spiro atoms. The van der Waals surface area contributed by atoms with E-state index in [2.05, 4.69) is 31.3 Å². The monoisotopic (exact) mass is 205 g/mol. The van der Waals surface area contributed by atoms with E-state index in [0.29, 0.717) is 5.92 Å². The van der Waals surface area contributed by atoms with Crippen molar-refractivity contribution < 1.29 is 4.74 Å². The summed E-state index contributed by atoms with van der Waals surface area (Å²) in [7, 11) is 1.73. The van der Waals surface area contributed by atoms with Crippen molar-refractivity contribution >= 4 is 0 Å². The van der Waals surface area contributed by atoms with E-state index in [1.807, 2.05) is 0 Å². The molecule has 0 aliphatic carbocycles. The average molecular weight is 205 g/mol. The highest BCUT2D eigenvalue weighted by Crippen LogP contribution is 2.30. The molecule has 1 heterocycles. The van der Waals surface area contributed by atoms with Crippen LogP contribution in [0.3, 0.4) is 0 Å². The molecule has 2 rings (SSSR count). The SMILES string of the molecule is COc1cc(C)c(C2CCNC2)cc1C. The predicted octanol–water partition coefficient (Wildman–Crippen LogP) is 2.39. The summed E-state index contributed by atoms with van der Waals surface area (Å²) in [6.45, 7) is 6.56. The van der Waals surface area contributed by atoms with Crippen molar-refractivity contribution in [3.63, 3.8) is 0 Å². The molecule has 1 aromatic carbocycles. The minimum Gasteiger partial charge on any atom is -0.496 e. The molecule has 1 saturated heterocycles. The summed E-state index contributed by atoms with van der Waals surface area (Å²) >= 11 is 0. The Hall–Kier alpha value is -1.02. The summed E-state index contributed by atoms with van der Waals surface area (Å²) in [4.78, 5) is 0. The molecule has 1 unspecified atom stereocenters. The number of hydrogen-bond acceptors (Lipinski definition) is 2. The second kappa shape index (κ2) is 4.23. The van der Waals surface area contributed by atoms with Crippen molar-refractivity contribution in [2.75, 3.05) is 20.2 Å². The van der Waals surface area contributed by atoms with Crippen LogP contribution in [0.15, 0.2) is 12.1 Å². The van der Waals surface area contributed by atoms with Crippen LogP contribution in [-0.2, 0) is 0 Å². The summed E-state index contributed by atoms with van der Waals surface area (Å²) in [5.41, 5.74) is 4.08. The molecule has 0 amide bonds. The van der Waals surface area contributed by atoms with Gasteiger partial charge in [0.2, 0.25) is 0 Å². The van der Waals surface area contributed by atoms with Gasteiger partial charge in [0.15, 0.2) is 0 Å². The van der Waals surface area contributed by atoms with Gasteiger partial charge in [-0.2, -0.15) is 0 Å². The van der Waals surface area contributed by atoms with E-state index in [0.717, 1.165) is 18.8 Å². The zero-order valence-corrected chi connectivity index (χ0v) is 9.76. The van der Waals surface area contributed by atoms with Crippen molar-refractivity contribution in [3.05, 3.63) is 28.8 Å². The first kappa shape index (κ1) is 10.5. The van der Waals surface area contributed by atoms with Gasteiger partial charge in [0.05, 0.1) is 7.11 Å². The average Bonchev–Trinajstić information content (AvgIpc) is 2.74. The first-order chi connectivity index (χ1) is 7.22. The summed E-state index contributed by atoms with van der Waals surface area (Å²) in [5, 5.41) is 3.41. The molecule has 0 saturated carbocycles. The number of hydrogen-bond donors (Lipinski definition) is 1. The summed E-state index contributed by atoms with van der Waals surface area (Å²) < 4.78 is 5.33. The van der Waals surface area contributed by atoms with E-state index >= 15 is 0 Å². The fourth-order valence-corrected chi connectivity index (χ4v) is 2.39. The Bertz CT molecular complexity index is 354. The van der Waals surface area contributed by atoms with Gasteiger partial charge in [0.1, 0.15) is 5.75 Å². The first-order valence-corrected chi connectivity index (χ1v) is 5.58. The fourth-order valence-electron chi connectivity index (χ4n) is 2.39. The minimum absolute atomic E-state index is 0.689. The molecule has 1 aliphatic heterocycles. The van der Waals surface area contributed by atoms with Gasteiger partial charge in [-0.15, -0.1) is 0 Å². The van der Waals surface area contributed by atoms with Crippen molar-refractivity contribution in [1.29, 1.82) is 0 Å². The van der Waals surface area contributed by atoms with Gasteiger partial charge < -0.3 is 10.1 Å². The van der Waals surface area contributed by atoms with E-state index in [1.54, 1.807) is 7.11 Å². The molecule has 1 fully saturated rings. The standard InChI is InChI=1S/C13H19NO/c1-9-7-13(15-3)10(2)6-12(9)11-4-5-14-8-11/h6-7,11,14H,4-5,8H2,1-3H3. The van der Waals surface area contributed by atoms with E-state index in [1.165, 1.54) is 23.1 Å². The van der Waals surface area contributed by atoms with Gasteiger partial charge in [0.25, 0.3) is 0 Å². The third-order valence-electron chi connectivity index (χ3n) is 3.28. The van der Waals surface area contributed by atoms with Gasteiger partial charge in [-0.05, 0) is 55.5 Å². The van der Waals surface area contributed by atoms with Crippen LogP contribution in [0.1, 0.15) is 29.0 Å². The largest absolute Gasteiger partial charge is 0.496 e. The Morgan fingerprint density at radius 3 is 2.67 bits per heavy atom. The Kier molecular flexibility index (Phi) is 2.96. The van der Waals surface area contributed by atoms with Gasteiger partial charge in [-0.3, -0.25) is 0 Å². The van der Waals surface area contributed by atoms with Gasteiger partial charge in [-0.25, -0.2) is 0 Å². The third kappa shape index (κ3) is 2.00. The summed E-state index contributed by atoms with van der Waals surface area (Å²) in [6, 6.07) is 4.44. The van der Waals surface area contributed by atoms with Crippen LogP contribution in [-0.4, -0.2) is 20.2 Å². The van der Waals surface area contributed by atoms with Crippen LogP contribution >= 0.6 is 0 Å². The zero-order valence-electron chi connectivity index (χ0n) is 9.76. The molecular formula is C13H19NO. The molecular weight excluding hydrogens is 186 g/mol. The lowest BCUT2D eigenvalue weighted by Gasteiger charge is -2.15. The van der Waals surface area contributed by atoms with Crippen molar-refractivity contribution in [2.24, 2.45) is 0 Å². The Morgan fingerprint density at radius 2 is 2.07 bits per heavy atom. The normalized spacial score (nSPS) is 20.6. The number of ether oxygens (including phenoxy) is 1. The van der Waals surface area contributed by atoms with E-state index < -0.39 is 0 Å². The molecule has 1 aromatic rings. The zero-order chi connectivity index (χ0) is 10.8. The molecule has 15 heavy (non-hydrogen) atoms. The number of methoxy groups -OCH3 is 1. The molecule has 1 aliphatic rings. The third-order valence-corrected chi connectivity index (χ3v) is 3.28. The molecule has 0 radical (unpaired) electrons. The number of aryl methyl sites for hydroxylation is 2. The molecule has 0 aromatic heterocycles. The van der Waals surface area contributed by atoms with Crippen LogP contribution < -0.4 is 10.1 Å². The van der Waals surface area contributed by atoms with Crippen molar-refractivity contribution in [2.45, 2.75) is 26.2 Å². The summed E-state index contributed by atoms with van der Waals surface area (Å²) in [5.74, 6) is 1.69. The lowest BCUT2D eigenvalue weighted by Crippen LogP contribution is -2.09. The molecule has 1 atom stereocenters. The maximum atomic E-state index is 5.33. The quantitative estimate of drug-likeness (QED) is 0.800. The van der Waals surface area contributed by atoms with Crippen LogP contribution in [0.5, 0.6) is 5.75 Å². The fraction of sp³-hybridized carbons (Fsp3) is 0.538. The first-order valence-electron chi connectivity index (χ1n) is 5.58. The highest BCUT2D eigenvalue weighted by Gasteiger charge is 2.19.